The number of para-hydroxylation sites is 2. The largest absolute Gasteiger partial charge is 0.392 e. The van der Waals surface area contributed by atoms with Crippen molar-refractivity contribution in [3.8, 4) is 33.8 Å². The Hall–Kier alpha value is -3.80. The monoisotopic (exact) mass is 487 g/mol. The van der Waals surface area contributed by atoms with Crippen LogP contribution in [-0.4, -0.2) is 43.8 Å². The van der Waals surface area contributed by atoms with Gasteiger partial charge in [-0.3, -0.25) is 9.44 Å². The molecule has 36 heavy (non-hydrogen) atoms. The van der Waals surface area contributed by atoms with Crippen molar-refractivity contribution in [2.45, 2.75) is 13.5 Å². The van der Waals surface area contributed by atoms with Crippen LogP contribution in [0.2, 0.25) is 0 Å². The lowest BCUT2D eigenvalue weighted by Crippen LogP contribution is -1.93. The minimum atomic E-state index is -0.968. The maximum absolute atomic E-state index is 9.58. The van der Waals surface area contributed by atoms with Gasteiger partial charge < -0.3 is 10.1 Å². The third-order valence-electron chi connectivity index (χ3n) is 6.52. The van der Waals surface area contributed by atoms with E-state index in [4.69, 9.17) is 17.6 Å². The molecule has 0 saturated heterocycles. The molecule has 0 aliphatic heterocycles. The summed E-state index contributed by atoms with van der Waals surface area (Å²) in [6.07, 6.45) is 3.78. The number of aliphatic hydroxyl groups excluding tert-OH is 1. The highest BCUT2D eigenvalue weighted by Crippen LogP contribution is 2.39. The number of nitrogens with one attached hydrogen (secondary N) is 1. The van der Waals surface area contributed by atoms with Crippen LogP contribution in [0.1, 0.15) is 11.1 Å². The van der Waals surface area contributed by atoms with Crippen molar-refractivity contribution in [1.29, 1.82) is 0 Å². The number of rotatable bonds is 5. The Morgan fingerprint density at radius 3 is 2.50 bits per heavy atom. The van der Waals surface area contributed by atoms with Gasteiger partial charge in [-0.15, -0.1) is 0 Å². The first kappa shape index (κ1) is 22.7. The van der Waals surface area contributed by atoms with Gasteiger partial charge in [-0.2, -0.15) is 5.10 Å². The van der Waals surface area contributed by atoms with E-state index in [2.05, 4.69) is 35.1 Å². The minimum Gasteiger partial charge on any atom is -0.392 e. The lowest BCUT2D eigenvalue weighted by molar-refractivity contribution is 0.282. The fraction of sp³-hybridized carbons (Fsp3) is 0.107. The molecule has 0 amide bonds. The van der Waals surface area contributed by atoms with Gasteiger partial charge in [-0.25, -0.2) is 4.98 Å². The summed E-state index contributed by atoms with van der Waals surface area (Å²) < 4.78 is 1.90. The number of fused-ring (bicyclic) bond motifs is 2. The SMILES string of the molecule is [B]P(C)n1nc(-c2nc3ccccc3[nH]2)c2cc(-c3cncc(-c4cccc(CO)c4)c3C)ccc21. The average molecular weight is 487 g/mol. The van der Waals surface area contributed by atoms with Crippen LogP contribution in [0.4, 0.5) is 0 Å². The van der Waals surface area contributed by atoms with Crippen molar-refractivity contribution in [2.24, 2.45) is 0 Å². The summed E-state index contributed by atoms with van der Waals surface area (Å²) in [5.41, 5.74) is 9.77. The van der Waals surface area contributed by atoms with E-state index >= 15 is 0 Å². The van der Waals surface area contributed by atoms with E-state index in [1.165, 1.54) is 0 Å². The first-order valence-electron chi connectivity index (χ1n) is 11.7. The number of nitrogens with zero attached hydrogens (tertiary/aromatic N) is 4. The zero-order valence-electron chi connectivity index (χ0n) is 20.0. The van der Waals surface area contributed by atoms with E-state index in [-0.39, 0.29) is 6.61 Å². The van der Waals surface area contributed by atoms with Gasteiger partial charge in [0.15, 0.2) is 5.82 Å². The molecule has 1 atom stereocenters. The summed E-state index contributed by atoms with van der Waals surface area (Å²) in [5.74, 6) is 0.721. The summed E-state index contributed by atoms with van der Waals surface area (Å²) in [6, 6.07) is 22.2. The molecule has 6 nitrogen and oxygen atoms in total. The van der Waals surface area contributed by atoms with E-state index in [1.807, 2.05) is 72.0 Å². The fourth-order valence-electron chi connectivity index (χ4n) is 4.69. The van der Waals surface area contributed by atoms with Crippen LogP contribution in [0.5, 0.6) is 0 Å². The molecule has 3 heterocycles. The quantitative estimate of drug-likeness (QED) is 0.229. The van der Waals surface area contributed by atoms with Crippen LogP contribution in [0.25, 0.3) is 55.7 Å². The Labute approximate surface area is 211 Å². The van der Waals surface area contributed by atoms with Crippen molar-refractivity contribution in [3.05, 3.63) is 90.3 Å². The summed E-state index contributed by atoms with van der Waals surface area (Å²) >= 11 is 0. The maximum atomic E-state index is 9.58. The molecule has 2 N–H and O–H groups in total. The summed E-state index contributed by atoms with van der Waals surface area (Å²) in [7, 11) is 5.37. The molecule has 0 bridgehead atoms. The zero-order valence-corrected chi connectivity index (χ0v) is 20.9. The topological polar surface area (TPSA) is 79.6 Å². The molecule has 8 heteroatoms. The number of aromatic nitrogens is 5. The highest BCUT2D eigenvalue weighted by atomic mass is 31.1. The summed E-state index contributed by atoms with van der Waals surface area (Å²) in [4.78, 5) is 12.8. The van der Waals surface area contributed by atoms with Gasteiger partial charge in [0, 0.05) is 28.9 Å². The molecule has 3 aromatic heterocycles. The number of benzene rings is 3. The van der Waals surface area contributed by atoms with E-state index < -0.39 is 7.95 Å². The molecule has 6 aromatic rings. The zero-order chi connectivity index (χ0) is 24.8. The van der Waals surface area contributed by atoms with Crippen LogP contribution in [-0.2, 0) is 6.61 Å². The number of imidazole rings is 1. The summed E-state index contributed by atoms with van der Waals surface area (Å²) in [5, 5.41) is 15.4. The first-order valence-corrected chi connectivity index (χ1v) is 13.5. The van der Waals surface area contributed by atoms with Crippen LogP contribution in [0, 0.1) is 6.92 Å². The molecule has 0 saturated carbocycles. The molecular weight excluding hydrogens is 464 g/mol. The number of hydrogen-bond acceptors (Lipinski definition) is 4. The predicted octanol–water partition coefficient (Wildman–Crippen LogP) is 6.07. The molecule has 0 fully saturated rings. The molecule has 6 rings (SSSR count). The normalized spacial score (nSPS) is 12.4. The Morgan fingerprint density at radius 2 is 1.75 bits per heavy atom. The summed E-state index contributed by atoms with van der Waals surface area (Å²) in [6.45, 7) is 4.10. The third kappa shape index (κ3) is 3.81. The Bertz CT molecular complexity index is 1710. The number of aliphatic hydroxyl groups is 1. The van der Waals surface area contributed by atoms with Gasteiger partial charge in [0.1, 0.15) is 13.3 Å². The predicted molar refractivity (Wildman–Crippen MR) is 148 cm³/mol. The van der Waals surface area contributed by atoms with Gasteiger partial charge in [0.05, 0.1) is 23.2 Å². The van der Waals surface area contributed by atoms with Gasteiger partial charge in [-0.1, -0.05) is 36.4 Å². The minimum absolute atomic E-state index is 0.00629. The lowest BCUT2D eigenvalue weighted by atomic mass is 9.94. The second-order valence-electron chi connectivity index (χ2n) is 8.86. The lowest BCUT2D eigenvalue weighted by Gasteiger charge is -2.13. The second-order valence-corrected chi connectivity index (χ2v) is 10.4. The van der Waals surface area contributed by atoms with Crippen molar-refractivity contribution in [3.63, 3.8) is 0 Å². The number of pyridine rings is 1. The molecule has 2 radical (unpaired) electrons. The highest BCUT2D eigenvalue weighted by molar-refractivity contribution is 7.80. The van der Waals surface area contributed by atoms with Gasteiger partial charge in [-0.05, 0) is 74.1 Å². The molecule has 0 aliphatic rings. The fourth-order valence-corrected chi connectivity index (χ4v) is 5.44. The van der Waals surface area contributed by atoms with Crippen LogP contribution in [0.15, 0.2) is 79.1 Å². The molecule has 0 spiro atoms. The van der Waals surface area contributed by atoms with Gasteiger partial charge in [0.25, 0.3) is 0 Å². The van der Waals surface area contributed by atoms with Crippen molar-refractivity contribution >= 4 is 37.5 Å². The second kappa shape index (κ2) is 9.01. The first-order chi connectivity index (χ1) is 17.5. The van der Waals surface area contributed by atoms with E-state index in [0.29, 0.717) is 0 Å². The highest BCUT2D eigenvalue weighted by Gasteiger charge is 2.19. The Balaban J connectivity index is 1.53. The molecule has 1 unspecified atom stereocenters. The number of H-pyrrole nitrogens is 1. The van der Waals surface area contributed by atoms with E-state index in [9.17, 15) is 5.11 Å². The molecule has 3 aromatic carbocycles. The van der Waals surface area contributed by atoms with Gasteiger partial charge in [0.2, 0.25) is 0 Å². The van der Waals surface area contributed by atoms with Crippen LogP contribution >= 0.6 is 7.95 Å². The molecule has 0 aliphatic carbocycles. The third-order valence-corrected chi connectivity index (χ3v) is 7.42. The molecule has 174 valence electrons. The number of aromatic amines is 1. The van der Waals surface area contributed by atoms with E-state index in [0.717, 1.165) is 66.8 Å². The van der Waals surface area contributed by atoms with Crippen molar-refractivity contribution < 1.29 is 5.11 Å². The Morgan fingerprint density at radius 1 is 0.972 bits per heavy atom. The Kier molecular flexibility index (Phi) is 5.67. The average Bonchev–Trinajstić information content (AvgIpc) is 3.50. The standard InChI is InChI=1S/C28H23BN5OP/c1-17-22(19-7-5-6-18(12-19)16-35)14-30-15-23(17)20-10-11-26-21(13-20)27(33-34(26)36(2)29)28-31-24-8-3-4-9-25(24)32-28/h3-15,35H,16H2,1-2H3,(H,31,32). The number of hydrogen-bond donors (Lipinski definition) is 2. The van der Waals surface area contributed by atoms with E-state index in [1.54, 1.807) is 0 Å². The van der Waals surface area contributed by atoms with Crippen molar-refractivity contribution in [1.82, 2.24) is 24.5 Å². The van der Waals surface area contributed by atoms with Gasteiger partial charge >= 0.3 is 0 Å². The molecular formula is C28H23BN5OP. The van der Waals surface area contributed by atoms with Crippen LogP contribution < -0.4 is 0 Å². The maximum Gasteiger partial charge on any atom is 0.159 e. The van der Waals surface area contributed by atoms with Crippen LogP contribution in [0.3, 0.4) is 0 Å². The smallest absolute Gasteiger partial charge is 0.159 e. The van der Waals surface area contributed by atoms with Crippen molar-refractivity contribution in [2.75, 3.05) is 6.66 Å².